The normalized spacial score (nSPS) is 24.7. The molecule has 0 fully saturated rings. The van der Waals surface area contributed by atoms with Crippen LogP contribution in [0.2, 0.25) is 0 Å². The number of rotatable bonds is 0. The van der Waals surface area contributed by atoms with Gasteiger partial charge in [0.05, 0.1) is 5.69 Å². The average molecular weight is 273 g/mol. The summed E-state index contributed by atoms with van der Waals surface area (Å²) in [6.45, 7) is 1.01. The van der Waals surface area contributed by atoms with E-state index in [0.29, 0.717) is 18.7 Å². The van der Waals surface area contributed by atoms with Gasteiger partial charge in [-0.2, -0.15) is 0 Å². The predicted octanol–water partition coefficient (Wildman–Crippen LogP) is 1.74. The molecule has 1 spiro atoms. The van der Waals surface area contributed by atoms with E-state index in [0.717, 1.165) is 6.07 Å². The third kappa shape index (κ3) is 1.62. The first kappa shape index (κ1) is 13.0. The van der Waals surface area contributed by atoms with Crippen LogP contribution >= 0.6 is 12.4 Å². The van der Waals surface area contributed by atoms with Crippen LogP contribution in [-0.2, 0) is 10.2 Å². The van der Waals surface area contributed by atoms with E-state index < -0.39 is 17.0 Å². The minimum Gasteiger partial charge on any atom is -0.322 e. The van der Waals surface area contributed by atoms with Crippen molar-refractivity contribution in [2.75, 3.05) is 18.4 Å². The van der Waals surface area contributed by atoms with Crippen molar-refractivity contribution in [3.05, 3.63) is 41.5 Å². The SMILES string of the molecule is Cl.O=C1Nc2c(F)cc(F)cc2[C@@]12C=CCNC2. The zero-order valence-corrected chi connectivity index (χ0v) is 10.1. The first-order valence-electron chi connectivity index (χ1n) is 5.33. The molecule has 0 bridgehead atoms. The third-order valence-electron chi connectivity index (χ3n) is 3.25. The van der Waals surface area contributed by atoms with Gasteiger partial charge in [-0.05, 0) is 6.07 Å². The lowest BCUT2D eigenvalue weighted by Crippen LogP contribution is -2.45. The van der Waals surface area contributed by atoms with Crippen LogP contribution in [0.25, 0.3) is 0 Å². The molecule has 2 N–H and O–H groups in total. The molecule has 18 heavy (non-hydrogen) atoms. The number of carbonyl (C=O) groups excluding carboxylic acids is 1. The Balaban J connectivity index is 0.00000120. The Labute approximate surface area is 109 Å². The first-order chi connectivity index (χ1) is 8.13. The number of halogens is 3. The highest BCUT2D eigenvalue weighted by Gasteiger charge is 2.46. The van der Waals surface area contributed by atoms with Gasteiger partial charge in [-0.1, -0.05) is 12.2 Å². The average Bonchev–Trinajstić information content (AvgIpc) is 2.56. The molecule has 6 heteroatoms. The predicted molar refractivity (Wildman–Crippen MR) is 65.9 cm³/mol. The number of carbonyl (C=O) groups is 1. The number of benzene rings is 1. The molecule has 96 valence electrons. The van der Waals surface area contributed by atoms with Crippen molar-refractivity contribution in [2.24, 2.45) is 0 Å². The largest absolute Gasteiger partial charge is 0.322 e. The standard InChI is InChI=1S/C12H10F2N2O.ClH/c13-7-4-8-10(9(14)5-7)16-11(17)12(8)2-1-3-15-6-12;/h1-2,4-5,15H,3,6H2,(H,16,17);1H/t12-;/m0./s1. The zero-order valence-electron chi connectivity index (χ0n) is 9.30. The maximum absolute atomic E-state index is 13.6. The molecule has 0 saturated heterocycles. The van der Waals surface area contributed by atoms with Gasteiger partial charge in [-0.25, -0.2) is 8.78 Å². The molecule has 0 aliphatic carbocycles. The minimum absolute atomic E-state index is 0. The summed E-state index contributed by atoms with van der Waals surface area (Å²) in [6.07, 6.45) is 3.50. The Bertz CT molecular complexity index is 547. The van der Waals surface area contributed by atoms with Gasteiger partial charge in [0.2, 0.25) is 5.91 Å². The molecule has 0 aromatic heterocycles. The van der Waals surface area contributed by atoms with Crippen molar-refractivity contribution in [3.8, 4) is 0 Å². The number of anilines is 1. The molecule has 1 amide bonds. The van der Waals surface area contributed by atoms with Crippen LogP contribution in [0.5, 0.6) is 0 Å². The Kier molecular flexibility index (Phi) is 3.12. The molecule has 1 aromatic carbocycles. The topological polar surface area (TPSA) is 41.1 Å². The van der Waals surface area contributed by atoms with Gasteiger partial charge in [-0.3, -0.25) is 4.79 Å². The third-order valence-corrected chi connectivity index (χ3v) is 3.25. The molecular weight excluding hydrogens is 262 g/mol. The molecule has 0 unspecified atom stereocenters. The Morgan fingerprint density at radius 1 is 1.28 bits per heavy atom. The minimum atomic E-state index is -0.976. The van der Waals surface area contributed by atoms with E-state index in [4.69, 9.17) is 0 Å². The highest BCUT2D eigenvalue weighted by atomic mass is 35.5. The van der Waals surface area contributed by atoms with Crippen LogP contribution < -0.4 is 10.6 Å². The molecule has 3 rings (SSSR count). The second kappa shape index (κ2) is 4.33. The number of hydrogen-bond donors (Lipinski definition) is 2. The summed E-state index contributed by atoms with van der Waals surface area (Å²) >= 11 is 0. The Morgan fingerprint density at radius 3 is 2.72 bits per heavy atom. The van der Waals surface area contributed by atoms with Crippen molar-refractivity contribution >= 4 is 24.0 Å². The summed E-state index contributed by atoms with van der Waals surface area (Å²) in [5.74, 6) is -1.72. The van der Waals surface area contributed by atoms with E-state index in [-0.39, 0.29) is 24.0 Å². The fourth-order valence-corrected chi connectivity index (χ4v) is 2.41. The maximum Gasteiger partial charge on any atom is 0.240 e. The van der Waals surface area contributed by atoms with Crippen molar-refractivity contribution in [1.82, 2.24) is 5.32 Å². The van der Waals surface area contributed by atoms with E-state index in [9.17, 15) is 13.6 Å². The van der Waals surface area contributed by atoms with Gasteiger partial charge >= 0.3 is 0 Å². The monoisotopic (exact) mass is 272 g/mol. The fourth-order valence-electron chi connectivity index (χ4n) is 2.41. The van der Waals surface area contributed by atoms with Crippen LogP contribution in [0.15, 0.2) is 24.3 Å². The summed E-state index contributed by atoms with van der Waals surface area (Å²) in [7, 11) is 0. The second-order valence-corrected chi connectivity index (χ2v) is 4.27. The molecule has 0 radical (unpaired) electrons. The van der Waals surface area contributed by atoms with Gasteiger partial charge in [0.15, 0.2) is 0 Å². The van der Waals surface area contributed by atoms with Gasteiger partial charge < -0.3 is 10.6 Å². The fraction of sp³-hybridized carbons (Fsp3) is 0.250. The van der Waals surface area contributed by atoms with Gasteiger partial charge in [-0.15, -0.1) is 12.4 Å². The summed E-state index contributed by atoms with van der Waals surface area (Å²) in [5, 5.41) is 5.52. The Morgan fingerprint density at radius 2 is 2.06 bits per heavy atom. The number of nitrogens with one attached hydrogen (secondary N) is 2. The van der Waals surface area contributed by atoms with Gasteiger partial charge in [0.1, 0.15) is 17.0 Å². The summed E-state index contributed by atoms with van der Waals surface area (Å²) in [6, 6.07) is 1.99. The summed E-state index contributed by atoms with van der Waals surface area (Å²) < 4.78 is 26.8. The summed E-state index contributed by atoms with van der Waals surface area (Å²) in [4.78, 5) is 12.0. The van der Waals surface area contributed by atoms with Crippen LogP contribution in [0, 0.1) is 11.6 Å². The molecule has 2 aliphatic heterocycles. The quantitative estimate of drug-likeness (QED) is 0.707. The lowest BCUT2D eigenvalue weighted by Gasteiger charge is -2.27. The summed E-state index contributed by atoms with van der Waals surface area (Å²) in [5.41, 5.74) is -0.524. The lowest BCUT2D eigenvalue weighted by atomic mass is 9.79. The van der Waals surface area contributed by atoms with Crippen LogP contribution in [0.1, 0.15) is 5.56 Å². The second-order valence-electron chi connectivity index (χ2n) is 4.27. The molecule has 2 aliphatic rings. The van der Waals surface area contributed by atoms with Crippen LogP contribution in [0.4, 0.5) is 14.5 Å². The van der Waals surface area contributed by atoms with E-state index >= 15 is 0 Å². The maximum atomic E-state index is 13.6. The molecule has 0 saturated carbocycles. The number of fused-ring (bicyclic) bond motifs is 2. The van der Waals surface area contributed by atoms with Crippen LogP contribution in [0.3, 0.4) is 0 Å². The molecule has 2 heterocycles. The van der Waals surface area contributed by atoms with Crippen LogP contribution in [-0.4, -0.2) is 19.0 Å². The van der Waals surface area contributed by atoms with E-state index in [2.05, 4.69) is 10.6 Å². The van der Waals surface area contributed by atoms with Crippen molar-refractivity contribution < 1.29 is 13.6 Å². The number of hydrogen-bond acceptors (Lipinski definition) is 2. The molecule has 1 atom stereocenters. The highest BCUT2D eigenvalue weighted by Crippen LogP contribution is 2.41. The lowest BCUT2D eigenvalue weighted by molar-refractivity contribution is -0.119. The first-order valence-corrected chi connectivity index (χ1v) is 5.33. The highest BCUT2D eigenvalue weighted by molar-refractivity contribution is 6.08. The Hall–Kier alpha value is -1.46. The van der Waals surface area contributed by atoms with E-state index in [1.54, 1.807) is 12.2 Å². The van der Waals surface area contributed by atoms with E-state index in [1.165, 1.54) is 6.07 Å². The number of amides is 1. The zero-order chi connectivity index (χ0) is 12.0. The smallest absolute Gasteiger partial charge is 0.240 e. The van der Waals surface area contributed by atoms with E-state index in [1.807, 2.05) is 0 Å². The molecular formula is C12H11ClF2N2O. The van der Waals surface area contributed by atoms with Gasteiger partial charge in [0.25, 0.3) is 0 Å². The molecule has 3 nitrogen and oxygen atoms in total. The van der Waals surface area contributed by atoms with Gasteiger partial charge in [0, 0.05) is 24.7 Å². The van der Waals surface area contributed by atoms with Crippen molar-refractivity contribution in [3.63, 3.8) is 0 Å². The molecule has 1 aromatic rings. The van der Waals surface area contributed by atoms with Crippen molar-refractivity contribution in [2.45, 2.75) is 5.41 Å². The van der Waals surface area contributed by atoms with Crippen molar-refractivity contribution in [1.29, 1.82) is 0 Å².